The van der Waals surface area contributed by atoms with Gasteiger partial charge in [-0.3, -0.25) is 4.68 Å². The highest BCUT2D eigenvalue weighted by atomic mass is 16.3. The number of aliphatic hydroxyl groups excluding tert-OH is 1. The smallest absolute Gasteiger partial charge is 0.0952 e. The Labute approximate surface area is 87.3 Å². The molecule has 0 radical (unpaired) electrons. The molecule has 0 aliphatic carbocycles. The molecular weight excluding hydrogens is 194 g/mol. The van der Waals surface area contributed by atoms with Crippen molar-refractivity contribution >= 4 is 5.69 Å². The lowest BCUT2D eigenvalue weighted by molar-refractivity contribution is 0.269. The van der Waals surface area contributed by atoms with Crippen LogP contribution in [0.3, 0.4) is 0 Å². The van der Waals surface area contributed by atoms with Gasteiger partial charge in [0.15, 0.2) is 0 Å². The number of hydrogen-bond donors (Lipinski definition) is 2. The van der Waals surface area contributed by atoms with Crippen molar-refractivity contribution in [1.29, 1.82) is 0 Å². The standard InChI is InChI=1S/C10H13N3O2/c14-3-2-13-7-10(6-12-13)11-5-9-1-4-15-8-9/h1,4,6-8,11,14H,2-3,5H2. The molecule has 2 rings (SSSR count). The van der Waals surface area contributed by atoms with Gasteiger partial charge < -0.3 is 14.8 Å². The van der Waals surface area contributed by atoms with Gasteiger partial charge in [0.1, 0.15) is 0 Å². The van der Waals surface area contributed by atoms with Gasteiger partial charge in [-0.2, -0.15) is 5.10 Å². The highest BCUT2D eigenvalue weighted by Crippen LogP contribution is 2.08. The summed E-state index contributed by atoms with van der Waals surface area (Å²) in [6.07, 6.45) is 6.93. The first-order valence-corrected chi connectivity index (χ1v) is 4.77. The Hall–Kier alpha value is -1.75. The van der Waals surface area contributed by atoms with Crippen LogP contribution in [0.25, 0.3) is 0 Å². The molecule has 0 saturated heterocycles. The fourth-order valence-corrected chi connectivity index (χ4v) is 1.28. The summed E-state index contributed by atoms with van der Waals surface area (Å²) < 4.78 is 6.64. The van der Waals surface area contributed by atoms with Crippen LogP contribution in [0.15, 0.2) is 35.4 Å². The summed E-state index contributed by atoms with van der Waals surface area (Å²) in [7, 11) is 0. The van der Waals surface area contributed by atoms with Crippen molar-refractivity contribution in [2.75, 3.05) is 11.9 Å². The van der Waals surface area contributed by atoms with Crippen LogP contribution in [0, 0.1) is 0 Å². The third kappa shape index (κ3) is 2.60. The predicted molar refractivity (Wildman–Crippen MR) is 55.3 cm³/mol. The zero-order valence-corrected chi connectivity index (χ0v) is 8.26. The molecule has 0 fully saturated rings. The highest BCUT2D eigenvalue weighted by molar-refractivity contribution is 5.38. The molecule has 0 saturated carbocycles. The predicted octanol–water partition coefficient (Wildman–Crippen LogP) is 1.08. The SMILES string of the molecule is OCCn1cc(NCc2ccoc2)cn1. The quantitative estimate of drug-likeness (QED) is 0.770. The van der Waals surface area contributed by atoms with Crippen molar-refractivity contribution < 1.29 is 9.52 Å². The Morgan fingerprint density at radius 3 is 3.20 bits per heavy atom. The average molecular weight is 207 g/mol. The molecule has 0 aliphatic rings. The van der Waals surface area contributed by atoms with Gasteiger partial charge >= 0.3 is 0 Å². The zero-order valence-electron chi connectivity index (χ0n) is 8.26. The minimum Gasteiger partial charge on any atom is -0.472 e. The maximum Gasteiger partial charge on any atom is 0.0952 e. The Bertz CT molecular complexity index is 394. The lowest BCUT2D eigenvalue weighted by Gasteiger charge is -1.99. The topological polar surface area (TPSA) is 63.2 Å². The number of rotatable bonds is 5. The maximum absolute atomic E-state index is 8.72. The molecule has 5 heteroatoms. The van der Waals surface area contributed by atoms with Gasteiger partial charge in [-0.15, -0.1) is 0 Å². The van der Waals surface area contributed by atoms with Gasteiger partial charge in [-0.25, -0.2) is 0 Å². The Balaban J connectivity index is 1.88. The molecule has 80 valence electrons. The molecule has 0 spiro atoms. The van der Waals surface area contributed by atoms with Crippen LogP contribution < -0.4 is 5.32 Å². The summed E-state index contributed by atoms with van der Waals surface area (Å²) in [5.74, 6) is 0. The monoisotopic (exact) mass is 207 g/mol. The van der Waals surface area contributed by atoms with Crippen LogP contribution >= 0.6 is 0 Å². The molecule has 0 aromatic carbocycles. The van der Waals surface area contributed by atoms with Crippen molar-refractivity contribution in [1.82, 2.24) is 9.78 Å². The lowest BCUT2D eigenvalue weighted by Crippen LogP contribution is -2.02. The second kappa shape index (κ2) is 4.65. The number of anilines is 1. The Kier molecular flexibility index (Phi) is 3.04. The first-order valence-electron chi connectivity index (χ1n) is 4.77. The van der Waals surface area contributed by atoms with E-state index in [1.54, 1.807) is 23.4 Å². The van der Waals surface area contributed by atoms with E-state index in [4.69, 9.17) is 9.52 Å². The molecule has 2 aromatic rings. The summed E-state index contributed by atoms with van der Waals surface area (Å²) >= 11 is 0. The number of nitrogens with zero attached hydrogens (tertiary/aromatic N) is 2. The summed E-state index contributed by atoms with van der Waals surface area (Å²) in [5, 5.41) is 16.0. The first-order chi connectivity index (χ1) is 7.38. The first kappa shape index (κ1) is 9.79. The van der Waals surface area contributed by atoms with Crippen molar-refractivity contribution in [2.24, 2.45) is 0 Å². The molecule has 0 unspecified atom stereocenters. The second-order valence-corrected chi connectivity index (χ2v) is 3.20. The van der Waals surface area contributed by atoms with Crippen LogP contribution in [0.5, 0.6) is 0 Å². The second-order valence-electron chi connectivity index (χ2n) is 3.20. The number of nitrogens with one attached hydrogen (secondary N) is 1. The molecule has 2 heterocycles. The van der Waals surface area contributed by atoms with E-state index in [2.05, 4.69) is 10.4 Å². The van der Waals surface area contributed by atoms with Crippen LogP contribution in [-0.4, -0.2) is 21.5 Å². The highest BCUT2D eigenvalue weighted by Gasteiger charge is 1.98. The fraction of sp³-hybridized carbons (Fsp3) is 0.300. The van der Waals surface area contributed by atoms with Crippen molar-refractivity contribution in [3.63, 3.8) is 0 Å². The van der Waals surface area contributed by atoms with Crippen LogP contribution in [0.2, 0.25) is 0 Å². The average Bonchev–Trinajstić information content (AvgIpc) is 2.85. The van der Waals surface area contributed by atoms with Gasteiger partial charge in [-0.05, 0) is 6.07 Å². The lowest BCUT2D eigenvalue weighted by atomic mass is 10.3. The Morgan fingerprint density at radius 2 is 2.47 bits per heavy atom. The third-order valence-corrected chi connectivity index (χ3v) is 2.04. The van der Waals surface area contributed by atoms with E-state index in [0.29, 0.717) is 13.1 Å². The molecule has 2 aromatic heterocycles. The molecule has 0 amide bonds. The van der Waals surface area contributed by atoms with Crippen molar-refractivity contribution in [3.8, 4) is 0 Å². The molecule has 0 aliphatic heterocycles. The van der Waals surface area contributed by atoms with Crippen molar-refractivity contribution in [2.45, 2.75) is 13.1 Å². The summed E-state index contributed by atoms with van der Waals surface area (Å²) in [6, 6.07) is 1.91. The van der Waals surface area contributed by atoms with E-state index < -0.39 is 0 Å². The maximum atomic E-state index is 8.72. The number of hydrogen-bond acceptors (Lipinski definition) is 4. The van der Waals surface area contributed by atoms with E-state index in [1.807, 2.05) is 12.3 Å². The summed E-state index contributed by atoms with van der Waals surface area (Å²) in [5.41, 5.74) is 2.02. The van der Waals surface area contributed by atoms with Crippen LogP contribution in [0.4, 0.5) is 5.69 Å². The van der Waals surface area contributed by atoms with E-state index in [1.165, 1.54) is 0 Å². The van der Waals surface area contributed by atoms with Crippen molar-refractivity contribution in [3.05, 3.63) is 36.5 Å². The zero-order chi connectivity index (χ0) is 10.5. The molecule has 5 nitrogen and oxygen atoms in total. The van der Waals surface area contributed by atoms with Crippen LogP contribution in [-0.2, 0) is 13.1 Å². The van der Waals surface area contributed by atoms with Gasteiger partial charge in [0.2, 0.25) is 0 Å². The summed E-state index contributed by atoms with van der Waals surface area (Å²) in [6.45, 7) is 1.33. The summed E-state index contributed by atoms with van der Waals surface area (Å²) in [4.78, 5) is 0. The van der Waals surface area contributed by atoms with E-state index in [0.717, 1.165) is 11.3 Å². The van der Waals surface area contributed by atoms with Crippen LogP contribution in [0.1, 0.15) is 5.56 Å². The molecule has 15 heavy (non-hydrogen) atoms. The molecule has 0 atom stereocenters. The van der Waals surface area contributed by atoms with Gasteiger partial charge in [0.05, 0.1) is 37.6 Å². The minimum atomic E-state index is 0.100. The number of aliphatic hydroxyl groups is 1. The van der Waals surface area contributed by atoms with E-state index in [9.17, 15) is 0 Å². The van der Waals surface area contributed by atoms with Gasteiger partial charge in [0.25, 0.3) is 0 Å². The van der Waals surface area contributed by atoms with E-state index in [-0.39, 0.29) is 6.61 Å². The number of furan rings is 1. The Morgan fingerprint density at radius 1 is 1.53 bits per heavy atom. The largest absolute Gasteiger partial charge is 0.472 e. The third-order valence-electron chi connectivity index (χ3n) is 2.04. The molecular formula is C10H13N3O2. The number of aromatic nitrogens is 2. The normalized spacial score (nSPS) is 10.5. The molecule has 0 bridgehead atoms. The molecule has 2 N–H and O–H groups in total. The van der Waals surface area contributed by atoms with Gasteiger partial charge in [0, 0.05) is 18.3 Å². The van der Waals surface area contributed by atoms with E-state index >= 15 is 0 Å². The minimum absolute atomic E-state index is 0.100. The fourth-order valence-electron chi connectivity index (χ4n) is 1.28. The van der Waals surface area contributed by atoms with Gasteiger partial charge in [-0.1, -0.05) is 0 Å².